The van der Waals surface area contributed by atoms with Crippen LogP contribution in [0.4, 0.5) is 0 Å². The molecule has 0 saturated carbocycles. The van der Waals surface area contributed by atoms with E-state index < -0.39 is 0 Å². The molecule has 3 heteroatoms. The lowest BCUT2D eigenvalue weighted by atomic mass is 10.2. The quantitative estimate of drug-likeness (QED) is 0.745. The third-order valence-corrected chi connectivity index (χ3v) is 2.31. The molecule has 1 aromatic carbocycles. The fourth-order valence-electron chi connectivity index (χ4n) is 1.50. The molecule has 14 heavy (non-hydrogen) atoms. The van der Waals surface area contributed by atoms with Crippen LogP contribution in [0, 0.1) is 0 Å². The molecular formula is C11H14N2O. The molecule has 1 aromatic rings. The van der Waals surface area contributed by atoms with Gasteiger partial charge in [-0.2, -0.15) is 0 Å². The molecule has 0 fully saturated rings. The summed E-state index contributed by atoms with van der Waals surface area (Å²) in [6, 6.07) is 7.23. The fourth-order valence-corrected chi connectivity index (χ4v) is 1.50. The molecule has 1 aliphatic heterocycles. The first-order valence-electron chi connectivity index (χ1n) is 4.90. The number of phenolic OH excluding ortho intramolecular Hbond substituents is 1. The predicted molar refractivity (Wildman–Crippen MR) is 56.5 cm³/mol. The first kappa shape index (κ1) is 9.06. The van der Waals surface area contributed by atoms with Crippen molar-refractivity contribution < 1.29 is 5.11 Å². The van der Waals surface area contributed by atoms with Gasteiger partial charge in [-0.05, 0) is 24.1 Å². The summed E-state index contributed by atoms with van der Waals surface area (Å²) in [6.45, 7) is 1.75. The van der Waals surface area contributed by atoms with Crippen molar-refractivity contribution in [2.45, 2.75) is 19.4 Å². The van der Waals surface area contributed by atoms with Crippen LogP contribution in [0.3, 0.4) is 0 Å². The molecule has 74 valence electrons. The molecule has 1 heterocycles. The largest absolute Gasteiger partial charge is 0.508 e. The summed E-state index contributed by atoms with van der Waals surface area (Å²) in [5, 5.41) is 12.4. The lowest BCUT2D eigenvalue weighted by molar-refractivity contribution is 0.475. The van der Waals surface area contributed by atoms with Crippen LogP contribution in [0.25, 0.3) is 0 Å². The predicted octanol–water partition coefficient (Wildman–Crippen LogP) is 1.67. The fraction of sp³-hybridized carbons (Fsp3) is 0.364. The van der Waals surface area contributed by atoms with E-state index in [1.165, 1.54) is 0 Å². The minimum absolute atomic E-state index is 0.312. The molecule has 2 N–H and O–H groups in total. The normalized spacial score (nSPS) is 15.3. The van der Waals surface area contributed by atoms with E-state index in [1.807, 2.05) is 12.1 Å². The van der Waals surface area contributed by atoms with Gasteiger partial charge >= 0.3 is 0 Å². The van der Waals surface area contributed by atoms with Gasteiger partial charge < -0.3 is 10.4 Å². The minimum Gasteiger partial charge on any atom is -0.508 e. The number of amidine groups is 1. The monoisotopic (exact) mass is 190 g/mol. The van der Waals surface area contributed by atoms with Crippen molar-refractivity contribution in [2.24, 2.45) is 4.99 Å². The number of nitrogens with one attached hydrogen (secondary N) is 1. The second kappa shape index (κ2) is 4.13. The summed E-state index contributed by atoms with van der Waals surface area (Å²) >= 11 is 0. The Morgan fingerprint density at radius 1 is 1.29 bits per heavy atom. The summed E-state index contributed by atoms with van der Waals surface area (Å²) in [6.07, 6.45) is 2.23. The number of phenols is 1. The zero-order valence-corrected chi connectivity index (χ0v) is 8.03. The SMILES string of the molecule is Oc1ccc(CNC2=NCCC2)cc1. The summed E-state index contributed by atoms with van der Waals surface area (Å²) in [5.74, 6) is 1.42. The average Bonchev–Trinajstić information content (AvgIpc) is 2.70. The van der Waals surface area contributed by atoms with Gasteiger partial charge in [0.05, 0.1) is 5.84 Å². The van der Waals surface area contributed by atoms with E-state index in [0.29, 0.717) is 5.75 Å². The maximum atomic E-state index is 9.09. The Labute approximate surface area is 83.5 Å². The van der Waals surface area contributed by atoms with Crippen LogP contribution in [-0.4, -0.2) is 17.5 Å². The van der Waals surface area contributed by atoms with Crippen molar-refractivity contribution in [3.05, 3.63) is 29.8 Å². The molecule has 0 spiro atoms. The maximum Gasteiger partial charge on any atom is 0.115 e. The van der Waals surface area contributed by atoms with E-state index in [1.54, 1.807) is 12.1 Å². The Morgan fingerprint density at radius 3 is 2.71 bits per heavy atom. The van der Waals surface area contributed by atoms with Crippen LogP contribution in [0.15, 0.2) is 29.3 Å². The van der Waals surface area contributed by atoms with E-state index in [9.17, 15) is 0 Å². The highest BCUT2D eigenvalue weighted by Gasteiger charge is 2.04. The average molecular weight is 190 g/mol. The number of benzene rings is 1. The van der Waals surface area contributed by atoms with Gasteiger partial charge in [-0.25, -0.2) is 0 Å². The molecule has 0 unspecified atom stereocenters. The number of nitrogens with zero attached hydrogens (tertiary/aromatic N) is 1. The number of aliphatic imine (C=N–C) groups is 1. The van der Waals surface area contributed by atoms with Gasteiger partial charge in [-0.3, -0.25) is 4.99 Å². The molecule has 2 rings (SSSR count). The van der Waals surface area contributed by atoms with Crippen LogP contribution in [0.5, 0.6) is 5.75 Å². The third-order valence-electron chi connectivity index (χ3n) is 2.31. The molecule has 0 atom stereocenters. The van der Waals surface area contributed by atoms with Gasteiger partial charge in [0.25, 0.3) is 0 Å². The zero-order chi connectivity index (χ0) is 9.80. The Hall–Kier alpha value is -1.51. The van der Waals surface area contributed by atoms with E-state index in [2.05, 4.69) is 10.3 Å². The molecule has 3 nitrogen and oxygen atoms in total. The highest BCUT2D eigenvalue weighted by Crippen LogP contribution is 2.09. The third kappa shape index (κ3) is 2.25. The van der Waals surface area contributed by atoms with E-state index >= 15 is 0 Å². The summed E-state index contributed by atoms with van der Waals surface area (Å²) < 4.78 is 0. The molecule has 0 amide bonds. The van der Waals surface area contributed by atoms with Crippen molar-refractivity contribution in [1.29, 1.82) is 0 Å². The first-order chi connectivity index (χ1) is 6.84. The van der Waals surface area contributed by atoms with Crippen LogP contribution in [0.1, 0.15) is 18.4 Å². The van der Waals surface area contributed by atoms with Crippen molar-refractivity contribution in [1.82, 2.24) is 5.32 Å². The molecule has 0 radical (unpaired) electrons. The van der Waals surface area contributed by atoms with Crippen LogP contribution in [-0.2, 0) is 6.54 Å². The van der Waals surface area contributed by atoms with Gasteiger partial charge in [-0.15, -0.1) is 0 Å². The van der Waals surface area contributed by atoms with Gasteiger partial charge in [0.1, 0.15) is 5.75 Å². The molecular weight excluding hydrogens is 176 g/mol. The van der Waals surface area contributed by atoms with Gasteiger partial charge in [-0.1, -0.05) is 12.1 Å². The minimum atomic E-state index is 0.312. The maximum absolute atomic E-state index is 9.09. The summed E-state index contributed by atoms with van der Waals surface area (Å²) in [7, 11) is 0. The molecule has 0 bridgehead atoms. The standard InChI is InChI=1S/C11H14N2O/c14-10-5-3-9(4-6-10)8-13-11-2-1-7-12-11/h3-6,14H,1-2,7-8H2,(H,12,13). The van der Waals surface area contributed by atoms with E-state index in [4.69, 9.17) is 5.11 Å². The lowest BCUT2D eigenvalue weighted by Crippen LogP contribution is -2.20. The highest BCUT2D eigenvalue weighted by atomic mass is 16.3. The van der Waals surface area contributed by atoms with Crippen molar-refractivity contribution >= 4 is 5.84 Å². The van der Waals surface area contributed by atoms with Crippen LogP contribution in [0.2, 0.25) is 0 Å². The highest BCUT2D eigenvalue weighted by molar-refractivity contribution is 5.83. The van der Waals surface area contributed by atoms with Crippen molar-refractivity contribution in [2.75, 3.05) is 6.54 Å². The number of rotatable bonds is 2. The van der Waals surface area contributed by atoms with Gasteiger partial charge in [0, 0.05) is 19.5 Å². The number of aromatic hydroxyl groups is 1. The molecule has 1 aliphatic rings. The van der Waals surface area contributed by atoms with E-state index in [0.717, 1.165) is 37.3 Å². The smallest absolute Gasteiger partial charge is 0.115 e. The summed E-state index contributed by atoms with van der Waals surface area (Å²) in [5.41, 5.74) is 1.16. The van der Waals surface area contributed by atoms with Crippen LogP contribution < -0.4 is 5.32 Å². The second-order valence-corrected chi connectivity index (χ2v) is 3.45. The molecule has 0 aromatic heterocycles. The molecule has 0 saturated heterocycles. The Morgan fingerprint density at radius 2 is 2.07 bits per heavy atom. The lowest BCUT2D eigenvalue weighted by Gasteiger charge is -2.05. The second-order valence-electron chi connectivity index (χ2n) is 3.45. The van der Waals surface area contributed by atoms with Crippen LogP contribution >= 0.6 is 0 Å². The van der Waals surface area contributed by atoms with Gasteiger partial charge in [0.15, 0.2) is 0 Å². The Kier molecular flexibility index (Phi) is 2.68. The number of hydrogen-bond acceptors (Lipinski definition) is 3. The Bertz CT molecular complexity index is 330. The van der Waals surface area contributed by atoms with E-state index in [-0.39, 0.29) is 0 Å². The zero-order valence-electron chi connectivity index (χ0n) is 8.03. The van der Waals surface area contributed by atoms with Crippen molar-refractivity contribution in [3.63, 3.8) is 0 Å². The molecule has 0 aliphatic carbocycles. The van der Waals surface area contributed by atoms with Gasteiger partial charge in [0.2, 0.25) is 0 Å². The topological polar surface area (TPSA) is 44.6 Å². The summed E-state index contributed by atoms with van der Waals surface area (Å²) in [4.78, 5) is 4.32. The first-order valence-corrected chi connectivity index (χ1v) is 4.90. The Balaban J connectivity index is 1.88. The number of hydrogen-bond donors (Lipinski definition) is 2. The van der Waals surface area contributed by atoms with Crippen molar-refractivity contribution in [3.8, 4) is 5.75 Å².